The average molecular weight is 296 g/mol. The van der Waals surface area contributed by atoms with E-state index >= 15 is 0 Å². The van der Waals surface area contributed by atoms with E-state index in [1.165, 1.54) is 0 Å². The van der Waals surface area contributed by atoms with Gasteiger partial charge in [0.05, 0.1) is 17.3 Å². The fraction of sp³-hybridized carbons (Fsp3) is 0.400. The minimum absolute atomic E-state index is 0.0544. The zero-order chi connectivity index (χ0) is 14.9. The summed E-state index contributed by atoms with van der Waals surface area (Å²) in [7, 11) is 0. The first-order chi connectivity index (χ1) is 10.8. The third-order valence-corrected chi connectivity index (χ3v) is 4.13. The molecule has 0 radical (unpaired) electrons. The van der Waals surface area contributed by atoms with Crippen LogP contribution in [0.4, 0.5) is 0 Å². The van der Waals surface area contributed by atoms with Gasteiger partial charge in [0.2, 0.25) is 5.89 Å². The molecule has 0 fully saturated rings. The number of nitrogens with zero attached hydrogens (tertiary/aromatic N) is 5. The number of nitrogens with one attached hydrogen (secondary N) is 1. The molecule has 7 heteroatoms. The molecular formula is C15H16N6O. The number of H-pyrrole nitrogens is 1. The third-order valence-electron chi connectivity index (χ3n) is 4.13. The van der Waals surface area contributed by atoms with E-state index in [9.17, 15) is 0 Å². The zero-order valence-electron chi connectivity index (χ0n) is 12.3. The lowest BCUT2D eigenvalue weighted by atomic mass is 9.90. The van der Waals surface area contributed by atoms with Crippen LogP contribution in [0.5, 0.6) is 0 Å². The highest BCUT2D eigenvalue weighted by Gasteiger charge is 2.30. The van der Waals surface area contributed by atoms with Gasteiger partial charge in [-0.15, -0.1) is 0 Å². The topological polar surface area (TPSA) is 93.4 Å². The maximum atomic E-state index is 5.48. The van der Waals surface area contributed by atoms with Gasteiger partial charge < -0.3 is 4.52 Å². The second-order valence-corrected chi connectivity index (χ2v) is 5.57. The number of pyridine rings is 1. The standard InChI is InChI=1S/C15H16N6O/c1-9-10(4-3-7-16-9)8-13-17-15(22-20-13)11-5-2-6-12-14(11)19-21-18-12/h3-4,7,11H,2,5-6,8H2,1H3,(H,18,19,21)/t11-/m0/s1. The second-order valence-electron chi connectivity index (χ2n) is 5.57. The molecule has 0 amide bonds. The summed E-state index contributed by atoms with van der Waals surface area (Å²) >= 11 is 0. The van der Waals surface area contributed by atoms with Gasteiger partial charge in [0.25, 0.3) is 0 Å². The summed E-state index contributed by atoms with van der Waals surface area (Å²) in [4.78, 5) is 8.85. The third kappa shape index (κ3) is 2.28. The van der Waals surface area contributed by atoms with Crippen molar-refractivity contribution >= 4 is 0 Å². The number of aromatic amines is 1. The highest BCUT2D eigenvalue weighted by molar-refractivity contribution is 5.25. The Bertz CT molecular complexity index is 793. The molecule has 22 heavy (non-hydrogen) atoms. The molecule has 0 aliphatic heterocycles. The molecule has 0 unspecified atom stereocenters. The molecule has 0 bridgehead atoms. The monoisotopic (exact) mass is 296 g/mol. The van der Waals surface area contributed by atoms with Gasteiger partial charge in [0.1, 0.15) is 0 Å². The molecule has 0 spiro atoms. The van der Waals surface area contributed by atoms with Gasteiger partial charge >= 0.3 is 0 Å². The van der Waals surface area contributed by atoms with Crippen LogP contribution in [0.2, 0.25) is 0 Å². The van der Waals surface area contributed by atoms with Crippen LogP contribution < -0.4 is 0 Å². The number of fused-ring (bicyclic) bond motifs is 1. The van der Waals surface area contributed by atoms with Crippen LogP contribution in [0.25, 0.3) is 0 Å². The lowest BCUT2D eigenvalue weighted by molar-refractivity contribution is 0.348. The molecule has 0 aromatic carbocycles. The van der Waals surface area contributed by atoms with Crippen molar-refractivity contribution in [3.05, 3.63) is 52.7 Å². The number of rotatable bonds is 3. The maximum Gasteiger partial charge on any atom is 0.235 e. The molecule has 3 heterocycles. The van der Waals surface area contributed by atoms with E-state index in [-0.39, 0.29) is 5.92 Å². The predicted molar refractivity (Wildman–Crippen MR) is 77.2 cm³/mol. The molecule has 3 aromatic heterocycles. The smallest absolute Gasteiger partial charge is 0.235 e. The minimum atomic E-state index is 0.0544. The second kappa shape index (κ2) is 5.32. The van der Waals surface area contributed by atoms with Crippen LogP contribution >= 0.6 is 0 Å². The molecule has 1 aliphatic rings. The van der Waals surface area contributed by atoms with E-state index in [0.717, 1.165) is 41.9 Å². The van der Waals surface area contributed by atoms with E-state index in [4.69, 9.17) is 4.52 Å². The quantitative estimate of drug-likeness (QED) is 0.794. The molecule has 1 aliphatic carbocycles. The van der Waals surface area contributed by atoms with E-state index in [1.807, 2.05) is 19.1 Å². The Labute approximate surface area is 127 Å². The van der Waals surface area contributed by atoms with Crippen molar-refractivity contribution in [1.82, 2.24) is 30.5 Å². The lowest BCUT2D eigenvalue weighted by Crippen LogP contribution is -2.11. The Hall–Kier alpha value is -2.57. The molecule has 0 saturated heterocycles. The van der Waals surface area contributed by atoms with Crippen molar-refractivity contribution < 1.29 is 4.52 Å². The molecule has 1 atom stereocenters. The summed E-state index contributed by atoms with van der Waals surface area (Å²) in [6, 6.07) is 3.96. The van der Waals surface area contributed by atoms with Crippen LogP contribution in [0.3, 0.4) is 0 Å². The number of aryl methyl sites for hydroxylation is 2. The van der Waals surface area contributed by atoms with E-state index < -0.39 is 0 Å². The van der Waals surface area contributed by atoms with Gasteiger partial charge in [-0.25, -0.2) is 0 Å². The normalized spacial score (nSPS) is 17.4. The molecular weight excluding hydrogens is 280 g/mol. The van der Waals surface area contributed by atoms with Crippen molar-refractivity contribution in [2.75, 3.05) is 0 Å². The van der Waals surface area contributed by atoms with Gasteiger partial charge in [0, 0.05) is 18.3 Å². The average Bonchev–Trinajstić information content (AvgIpc) is 3.18. The summed E-state index contributed by atoms with van der Waals surface area (Å²) in [6.45, 7) is 1.99. The maximum absolute atomic E-state index is 5.48. The molecule has 112 valence electrons. The minimum Gasteiger partial charge on any atom is -0.339 e. The Morgan fingerprint density at radius 3 is 3.23 bits per heavy atom. The Morgan fingerprint density at radius 2 is 2.32 bits per heavy atom. The van der Waals surface area contributed by atoms with Gasteiger partial charge in [0.15, 0.2) is 5.82 Å². The van der Waals surface area contributed by atoms with Crippen LogP contribution in [0.15, 0.2) is 22.9 Å². The van der Waals surface area contributed by atoms with Gasteiger partial charge in [-0.05, 0) is 37.8 Å². The number of aromatic nitrogens is 6. The lowest BCUT2D eigenvalue weighted by Gasteiger charge is -2.15. The number of hydrogen-bond acceptors (Lipinski definition) is 6. The van der Waals surface area contributed by atoms with E-state index in [1.54, 1.807) is 6.20 Å². The molecule has 1 N–H and O–H groups in total. The highest BCUT2D eigenvalue weighted by Crippen LogP contribution is 2.33. The van der Waals surface area contributed by atoms with Gasteiger partial charge in [-0.2, -0.15) is 20.4 Å². The highest BCUT2D eigenvalue weighted by atomic mass is 16.5. The predicted octanol–water partition coefficient (Wildman–Crippen LogP) is 1.95. The van der Waals surface area contributed by atoms with Crippen molar-refractivity contribution in [3.8, 4) is 0 Å². The van der Waals surface area contributed by atoms with Crippen molar-refractivity contribution in [1.29, 1.82) is 0 Å². The van der Waals surface area contributed by atoms with Gasteiger partial charge in [-0.1, -0.05) is 11.2 Å². The molecule has 4 rings (SSSR count). The first-order valence-corrected chi connectivity index (χ1v) is 7.44. The molecule has 0 saturated carbocycles. The fourth-order valence-corrected chi connectivity index (χ4v) is 2.93. The molecule has 7 nitrogen and oxygen atoms in total. The Morgan fingerprint density at radius 1 is 1.36 bits per heavy atom. The fourth-order valence-electron chi connectivity index (χ4n) is 2.93. The van der Waals surface area contributed by atoms with Crippen molar-refractivity contribution in [2.24, 2.45) is 0 Å². The van der Waals surface area contributed by atoms with Gasteiger partial charge in [-0.3, -0.25) is 4.98 Å². The Balaban J connectivity index is 1.59. The van der Waals surface area contributed by atoms with E-state index in [2.05, 4.69) is 30.5 Å². The first-order valence-electron chi connectivity index (χ1n) is 7.44. The largest absolute Gasteiger partial charge is 0.339 e. The zero-order valence-corrected chi connectivity index (χ0v) is 12.3. The summed E-state index contributed by atoms with van der Waals surface area (Å²) in [5.74, 6) is 1.37. The summed E-state index contributed by atoms with van der Waals surface area (Å²) in [6.07, 6.45) is 5.39. The molecule has 3 aromatic rings. The van der Waals surface area contributed by atoms with Crippen LogP contribution in [-0.2, 0) is 12.8 Å². The SMILES string of the molecule is Cc1ncccc1Cc1noc([C@H]2CCCc3n[nH]nc32)n1. The van der Waals surface area contributed by atoms with Crippen LogP contribution in [0, 0.1) is 6.92 Å². The number of hydrogen-bond donors (Lipinski definition) is 1. The van der Waals surface area contributed by atoms with Crippen molar-refractivity contribution in [3.63, 3.8) is 0 Å². The first kappa shape index (κ1) is 13.1. The van der Waals surface area contributed by atoms with Crippen LogP contribution in [0.1, 0.15) is 53.1 Å². The van der Waals surface area contributed by atoms with Crippen LogP contribution in [-0.4, -0.2) is 30.5 Å². The summed E-state index contributed by atoms with van der Waals surface area (Å²) < 4.78 is 5.48. The summed E-state index contributed by atoms with van der Waals surface area (Å²) in [5, 5.41) is 15.2. The Kier molecular flexibility index (Phi) is 3.17. The van der Waals surface area contributed by atoms with Crippen molar-refractivity contribution in [2.45, 2.75) is 38.5 Å². The van der Waals surface area contributed by atoms with E-state index in [0.29, 0.717) is 18.1 Å². The summed E-state index contributed by atoms with van der Waals surface area (Å²) in [5.41, 5.74) is 4.06.